The normalized spacial score (nSPS) is 11.0. The Kier molecular flexibility index (Phi) is 4.75. The van der Waals surface area contributed by atoms with Gasteiger partial charge in [-0.1, -0.05) is 17.9 Å². The maximum atomic E-state index is 12.4. The van der Waals surface area contributed by atoms with Crippen LogP contribution in [0.3, 0.4) is 0 Å². The van der Waals surface area contributed by atoms with E-state index in [1.54, 1.807) is 30.6 Å². The van der Waals surface area contributed by atoms with E-state index >= 15 is 0 Å². The molecular weight excluding hydrogens is 288 g/mol. The Morgan fingerprint density at radius 2 is 2.24 bits per heavy atom. The second-order valence-electron chi connectivity index (χ2n) is 4.37. The molecular formula is C14H16N4O2S. The van der Waals surface area contributed by atoms with Crippen LogP contribution in [-0.4, -0.2) is 24.9 Å². The van der Waals surface area contributed by atoms with Crippen LogP contribution in [0.15, 0.2) is 35.5 Å². The van der Waals surface area contributed by atoms with Gasteiger partial charge in [-0.15, -0.1) is 0 Å². The highest BCUT2D eigenvalue weighted by Crippen LogP contribution is 2.16. The maximum absolute atomic E-state index is 12.4. The van der Waals surface area contributed by atoms with Crippen molar-refractivity contribution in [3.05, 3.63) is 47.5 Å². The lowest BCUT2D eigenvalue weighted by atomic mass is 10.1. The number of hydrogen-bond acceptors (Lipinski definition) is 4. The number of sulfonamides is 1. The van der Waals surface area contributed by atoms with Gasteiger partial charge >= 0.3 is 0 Å². The highest BCUT2D eigenvalue weighted by atomic mass is 32.2. The van der Waals surface area contributed by atoms with Gasteiger partial charge in [-0.05, 0) is 24.6 Å². The van der Waals surface area contributed by atoms with Crippen molar-refractivity contribution >= 4 is 10.0 Å². The Labute approximate surface area is 123 Å². The van der Waals surface area contributed by atoms with Gasteiger partial charge in [-0.2, -0.15) is 0 Å². The largest absolute Gasteiger partial charge is 0.347 e. The van der Waals surface area contributed by atoms with Crippen molar-refractivity contribution in [2.75, 3.05) is 6.54 Å². The van der Waals surface area contributed by atoms with Gasteiger partial charge in [0, 0.05) is 18.0 Å². The zero-order chi connectivity index (χ0) is 15.3. The van der Waals surface area contributed by atoms with E-state index in [1.165, 1.54) is 0 Å². The number of nitrogens with one attached hydrogen (secondary N) is 2. The van der Waals surface area contributed by atoms with Crippen LogP contribution in [0.2, 0.25) is 0 Å². The monoisotopic (exact) mass is 304 g/mol. The lowest BCUT2D eigenvalue weighted by molar-refractivity contribution is 0.579. The second-order valence-corrected chi connectivity index (χ2v) is 6.10. The van der Waals surface area contributed by atoms with E-state index in [2.05, 4.69) is 26.5 Å². The Morgan fingerprint density at radius 1 is 1.43 bits per heavy atom. The molecule has 4 N–H and O–H groups in total. The van der Waals surface area contributed by atoms with E-state index in [4.69, 9.17) is 5.73 Å². The topological polar surface area (TPSA) is 101 Å². The number of aryl methyl sites for hydroxylation is 1. The molecule has 0 radical (unpaired) electrons. The van der Waals surface area contributed by atoms with Crippen molar-refractivity contribution in [2.45, 2.75) is 18.4 Å². The van der Waals surface area contributed by atoms with Crippen molar-refractivity contribution < 1.29 is 8.42 Å². The molecule has 0 bridgehead atoms. The Hall–Kier alpha value is -2.14. The zero-order valence-corrected chi connectivity index (χ0v) is 12.4. The molecule has 1 aromatic heterocycles. The van der Waals surface area contributed by atoms with Crippen molar-refractivity contribution in [1.82, 2.24) is 14.7 Å². The molecule has 0 amide bonds. The van der Waals surface area contributed by atoms with E-state index in [0.717, 1.165) is 5.56 Å². The molecule has 0 spiro atoms. The summed E-state index contributed by atoms with van der Waals surface area (Å²) < 4.78 is 27.2. The number of aromatic amines is 1. The zero-order valence-electron chi connectivity index (χ0n) is 11.6. The number of H-pyrrole nitrogens is 1. The summed E-state index contributed by atoms with van der Waals surface area (Å²) >= 11 is 0. The number of imidazole rings is 1. The third kappa shape index (κ3) is 3.92. The van der Waals surface area contributed by atoms with Crippen LogP contribution in [0.25, 0.3) is 0 Å². The highest BCUT2D eigenvalue weighted by molar-refractivity contribution is 7.89. The average Bonchev–Trinajstić information content (AvgIpc) is 2.96. The predicted octanol–water partition coefficient (Wildman–Crippen LogP) is 0.507. The number of hydrogen-bond donors (Lipinski definition) is 3. The number of aromatic nitrogens is 2. The van der Waals surface area contributed by atoms with E-state index in [-0.39, 0.29) is 18.0 Å². The van der Waals surface area contributed by atoms with Crippen molar-refractivity contribution in [2.24, 2.45) is 5.73 Å². The summed E-state index contributed by atoms with van der Waals surface area (Å²) in [5.41, 5.74) is 6.71. The summed E-state index contributed by atoms with van der Waals surface area (Å²) in [6.45, 7) is 2.14. The average molecular weight is 304 g/mol. The molecule has 0 unspecified atom stereocenters. The van der Waals surface area contributed by atoms with E-state index < -0.39 is 10.0 Å². The van der Waals surface area contributed by atoms with Crippen LogP contribution in [0, 0.1) is 18.8 Å². The first-order valence-corrected chi connectivity index (χ1v) is 7.79. The summed E-state index contributed by atoms with van der Waals surface area (Å²) in [6, 6.07) is 5.00. The Morgan fingerprint density at radius 3 is 2.90 bits per heavy atom. The number of nitrogens with two attached hydrogens (primary N) is 1. The molecule has 6 nitrogen and oxygen atoms in total. The Balaban J connectivity index is 2.30. The van der Waals surface area contributed by atoms with Gasteiger partial charge in [0.1, 0.15) is 5.82 Å². The highest BCUT2D eigenvalue weighted by Gasteiger charge is 2.18. The van der Waals surface area contributed by atoms with Gasteiger partial charge < -0.3 is 10.7 Å². The molecule has 0 atom stereocenters. The first-order valence-electron chi connectivity index (χ1n) is 6.30. The van der Waals surface area contributed by atoms with Crippen LogP contribution in [-0.2, 0) is 16.6 Å². The molecule has 7 heteroatoms. The SMILES string of the molecule is Cc1ccc(S(=O)(=O)NCc2ncc[nH]2)c(C#CCN)c1. The smallest absolute Gasteiger partial charge is 0.242 e. The molecule has 0 fully saturated rings. The van der Waals surface area contributed by atoms with Crippen LogP contribution < -0.4 is 10.5 Å². The molecule has 0 aliphatic carbocycles. The quantitative estimate of drug-likeness (QED) is 0.716. The number of rotatable bonds is 4. The minimum atomic E-state index is -3.67. The molecule has 1 heterocycles. The lowest BCUT2D eigenvalue weighted by Crippen LogP contribution is -2.24. The fourth-order valence-corrected chi connectivity index (χ4v) is 2.89. The standard InChI is InChI=1S/C14H16N4O2S/c1-11-4-5-13(12(9-11)3-2-6-15)21(19,20)18-10-14-16-7-8-17-14/h4-5,7-9,18H,6,10,15H2,1H3,(H,16,17). The van der Waals surface area contributed by atoms with Gasteiger partial charge in [0.15, 0.2) is 0 Å². The molecule has 1 aromatic carbocycles. The molecule has 2 rings (SSSR count). The minimum Gasteiger partial charge on any atom is -0.347 e. The van der Waals surface area contributed by atoms with Gasteiger partial charge in [0.25, 0.3) is 0 Å². The lowest BCUT2D eigenvalue weighted by Gasteiger charge is -2.08. The summed E-state index contributed by atoms with van der Waals surface area (Å²) in [5, 5.41) is 0. The summed E-state index contributed by atoms with van der Waals surface area (Å²) in [6.07, 6.45) is 3.20. The van der Waals surface area contributed by atoms with E-state index in [0.29, 0.717) is 11.4 Å². The predicted molar refractivity (Wildman–Crippen MR) is 79.7 cm³/mol. The number of benzene rings is 1. The van der Waals surface area contributed by atoms with Gasteiger partial charge in [-0.3, -0.25) is 0 Å². The molecule has 21 heavy (non-hydrogen) atoms. The van der Waals surface area contributed by atoms with Gasteiger partial charge in [0.05, 0.1) is 18.0 Å². The fourth-order valence-electron chi connectivity index (χ4n) is 1.76. The molecule has 0 saturated heterocycles. The summed E-state index contributed by atoms with van der Waals surface area (Å²) in [5.74, 6) is 6.02. The van der Waals surface area contributed by atoms with Crippen LogP contribution in [0.1, 0.15) is 17.0 Å². The van der Waals surface area contributed by atoms with Crippen LogP contribution >= 0.6 is 0 Å². The van der Waals surface area contributed by atoms with Crippen molar-refractivity contribution in [3.63, 3.8) is 0 Å². The van der Waals surface area contributed by atoms with Crippen LogP contribution in [0.4, 0.5) is 0 Å². The fraction of sp³-hybridized carbons (Fsp3) is 0.214. The molecule has 0 saturated carbocycles. The molecule has 0 aliphatic rings. The second kappa shape index (κ2) is 6.54. The van der Waals surface area contributed by atoms with Gasteiger partial charge in [0.2, 0.25) is 10.0 Å². The molecule has 110 valence electrons. The first kappa shape index (κ1) is 15.3. The first-order chi connectivity index (χ1) is 10.0. The van der Waals surface area contributed by atoms with Crippen LogP contribution in [0.5, 0.6) is 0 Å². The number of nitrogens with zero attached hydrogens (tertiary/aromatic N) is 1. The summed E-state index contributed by atoms with van der Waals surface area (Å²) in [7, 11) is -3.67. The van der Waals surface area contributed by atoms with Crippen molar-refractivity contribution in [3.8, 4) is 11.8 Å². The van der Waals surface area contributed by atoms with E-state index in [9.17, 15) is 8.42 Å². The third-order valence-electron chi connectivity index (χ3n) is 2.73. The molecule has 0 aliphatic heterocycles. The third-order valence-corrected chi connectivity index (χ3v) is 4.19. The van der Waals surface area contributed by atoms with Gasteiger partial charge in [-0.25, -0.2) is 18.1 Å². The minimum absolute atomic E-state index is 0.0902. The summed E-state index contributed by atoms with van der Waals surface area (Å²) in [4.78, 5) is 6.95. The van der Waals surface area contributed by atoms with Crippen molar-refractivity contribution in [1.29, 1.82) is 0 Å². The maximum Gasteiger partial charge on any atom is 0.242 e. The molecule has 2 aromatic rings. The Bertz CT molecular complexity index is 771. The van der Waals surface area contributed by atoms with E-state index in [1.807, 2.05) is 6.92 Å².